The quantitative estimate of drug-likeness (QED) is 0.669. The van der Waals surface area contributed by atoms with Crippen LogP contribution in [0.1, 0.15) is 42.5 Å². The topological polar surface area (TPSA) is 89.4 Å². The van der Waals surface area contributed by atoms with E-state index in [4.69, 9.17) is 0 Å². The number of nitriles is 1. The fourth-order valence-corrected chi connectivity index (χ4v) is 4.95. The molecule has 8 nitrogen and oxygen atoms in total. The van der Waals surface area contributed by atoms with Gasteiger partial charge in [0.05, 0.1) is 35.1 Å². The average Bonchev–Trinajstić information content (AvgIpc) is 3.27. The summed E-state index contributed by atoms with van der Waals surface area (Å²) in [5, 5.41) is 14.7. The number of hydrazone groups is 1. The van der Waals surface area contributed by atoms with Crippen molar-refractivity contribution in [3.8, 4) is 6.07 Å². The van der Waals surface area contributed by atoms with E-state index in [-0.39, 0.29) is 11.6 Å². The van der Waals surface area contributed by atoms with Crippen molar-refractivity contribution >= 4 is 23.5 Å². The van der Waals surface area contributed by atoms with E-state index in [1.165, 1.54) is 12.3 Å². The Balaban J connectivity index is 1.52. The molecule has 0 saturated carbocycles. The van der Waals surface area contributed by atoms with Crippen LogP contribution in [-0.4, -0.2) is 69.0 Å². The number of halogens is 3. The Morgan fingerprint density at radius 2 is 1.97 bits per heavy atom. The summed E-state index contributed by atoms with van der Waals surface area (Å²) < 4.78 is 42.0. The van der Waals surface area contributed by atoms with Crippen molar-refractivity contribution in [2.75, 3.05) is 19.6 Å². The van der Waals surface area contributed by atoms with E-state index < -0.39 is 24.7 Å². The van der Waals surface area contributed by atoms with E-state index in [0.717, 1.165) is 36.3 Å². The highest BCUT2D eigenvalue weighted by molar-refractivity contribution is 6.12. The van der Waals surface area contributed by atoms with Gasteiger partial charge in [0.15, 0.2) is 0 Å². The zero-order valence-electron chi connectivity index (χ0n) is 19.2. The Hall–Kier alpha value is -3.68. The lowest BCUT2D eigenvalue weighted by Gasteiger charge is -2.28. The van der Waals surface area contributed by atoms with Crippen molar-refractivity contribution < 1.29 is 18.0 Å². The molecule has 2 unspecified atom stereocenters. The van der Waals surface area contributed by atoms with E-state index in [1.807, 2.05) is 6.92 Å². The number of hydrogen-bond acceptors (Lipinski definition) is 6. The monoisotopic (exact) mass is 483 g/mol. The van der Waals surface area contributed by atoms with E-state index in [0.29, 0.717) is 35.7 Å². The maximum atomic E-state index is 13.4. The molecule has 5 rings (SSSR count). The van der Waals surface area contributed by atoms with Crippen LogP contribution in [0, 0.1) is 24.2 Å². The smallest absolute Gasteiger partial charge is 0.337 e. The Morgan fingerprint density at radius 3 is 2.66 bits per heavy atom. The molecule has 0 radical (unpaired) electrons. The lowest BCUT2D eigenvalue weighted by atomic mass is 9.92. The molecule has 0 N–H and O–H groups in total. The number of likely N-dealkylation sites (tertiary alicyclic amines) is 1. The molecule has 1 saturated heterocycles. The van der Waals surface area contributed by atoms with Gasteiger partial charge in [0.2, 0.25) is 0 Å². The number of aliphatic imine (C=N–C) groups is 1. The molecular weight excluding hydrogens is 459 g/mol. The fourth-order valence-electron chi connectivity index (χ4n) is 4.95. The largest absolute Gasteiger partial charge is 0.407 e. The molecular formula is C24H24F3N7O. The molecule has 3 aliphatic heterocycles. The molecule has 0 spiro atoms. The van der Waals surface area contributed by atoms with E-state index in [2.05, 4.69) is 21.1 Å². The summed E-state index contributed by atoms with van der Waals surface area (Å²) in [6, 6.07) is 2.99. The van der Waals surface area contributed by atoms with Gasteiger partial charge in [0.25, 0.3) is 5.91 Å². The molecule has 2 atom stereocenters. The molecule has 35 heavy (non-hydrogen) atoms. The van der Waals surface area contributed by atoms with Gasteiger partial charge in [-0.2, -0.15) is 23.5 Å². The molecule has 11 heteroatoms. The molecule has 0 bridgehead atoms. The average molecular weight is 483 g/mol. The van der Waals surface area contributed by atoms with Crippen molar-refractivity contribution in [3.63, 3.8) is 0 Å². The first kappa shape index (κ1) is 23.1. The van der Waals surface area contributed by atoms with Crippen LogP contribution in [0.15, 0.2) is 40.3 Å². The van der Waals surface area contributed by atoms with Gasteiger partial charge < -0.3 is 4.90 Å². The molecule has 0 aliphatic carbocycles. The lowest BCUT2D eigenvalue weighted by molar-refractivity contribution is -0.148. The van der Waals surface area contributed by atoms with Gasteiger partial charge in [0.1, 0.15) is 24.0 Å². The van der Waals surface area contributed by atoms with Crippen LogP contribution in [0.2, 0.25) is 0 Å². The summed E-state index contributed by atoms with van der Waals surface area (Å²) in [7, 11) is 0. The minimum Gasteiger partial charge on any atom is -0.337 e. The number of carbonyl (C=O) groups is 1. The van der Waals surface area contributed by atoms with Crippen molar-refractivity contribution in [3.05, 3.63) is 47.1 Å². The van der Waals surface area contributed by atoms with Gasteiger partial charge in [-0.3, -0.25) is 19.2 Å². The number of hydrogen-bond donors (Lipinski definition) is 0. The maximum absolute atomic E-state index is 13.4. The van der Waals surface area contributed by atoms with Gasteiger partial charge in [-0.05, 0) is 37.5 Å². The Bertz CT molecular complexity index is 1290. The molecule has 3 aliphatic rings. The number of fused-ring (bicyclic) bond motifs is 2. The van der Waals surface area contributed by atoms with Crippen LogP contribution in [0.3, 0.4) is 0 Å². The summed E-state index contributed by atoms with van der Waals surface area (Å²) >= 11 is 0. The minimum atomic E-state index is -4.48. The number of nitrogens with zero attached hydrogens (tertiary/aromatic N) is 7. The van der Waals surface area contributed by atoms with Gasteiger partial charge in [0, 0.05) is 25.5 Å². The zero-order chi connectivity index (χ0) is 24.7. The van der Waals surface area contributed by atoms with Crippen molar-refractivity contribution in [2.24, 2.45) is 16.0 Å². The predicted molar refractivity (Wildman–Crippen MR) is 123 cm³/mol. The summed E-state index contributed by atoms with van der Waals surface area (Å²) in [5.41, 5.74) is 2.76. The molecule has 182 valence electrons. The maximum Gasteiger partial charge on any atom is 0.407 e. The standard InChI is InChI=1S/C24H24F3N7O/c1-15-8-16(10-28)13-33-20(12-30-22(15)33)21-17-11-29-18(23(35)32-6-4-2-3-5-7-32)9-19(17)34(31-21)14-24(25,26)27/h8-9,11-13,17,19H,2-7,14H2,1H3. The van der Waals surface area contributed by atoms with Crippen LogP contribution < -0.4 is 0 Å². The lowest BCUT2D eigenvalue weighted by Crippen LogP contribution is -2.41. The minimum absolute atomic E-state index is 0.150. The summed E-state index contributed by atoms with van der Waals surface area (Å²) in [6.45, 7) is 1.80. The third kappa shape index (κ3) is 4.40. The van der Waals surface area contributed by atoms with Gasteiger partial charge >= 0.3 is 6.18 Å². The first-order valence-corrected chi connectivity index (χ1v) is 11.6. The number of carbonyl (C=O) groups excluding carboxylic acids is 1. The number of rotatable bonds is 3. The van der Waals surface area contributed by atoms with E-state index in [9.17, 15) is 23.2 Å². The second-order valence-electron chi connectivity index (χ2n) is 9.11. The van der Waals surface area contributed by atoms with E-state index in [1.54, 1.807) is 27.8 Å². The fraction of sp³-hybridized carbons (Fsp3) is 0.458. The normalized spacial score (nSPS) is 22.5. The van der Waals surface area contributed by atoms with Crippen molar-refractivity contribution in [1.82, 2.24) is 19.3 Å². The predicted octanol–water partition coefficient (Wildman–Crippen LogP) is 3.45. The van der Waals surface area contributed by atoms with Crippen LogP contribution in [-0.2, 0) is 4.79 Å². The molecule has 0 aromatic carbocycles. The molecule has 2 aromatic heterocycles. The Kier molecular flexibility index (Phi) is 5.83. The van der Waals surface area contributed by atoms with Gasteiger partial charge in [-0.25, -0.2) is 4.98 Å². The van der Waals surface area contributed by atoms with Gasteiger partial charge in [-0.15, -0.1) is 0 Å². The number of pyridine rings is 1. The third-order valence-corrected chi connectivity index (χ3v) is 6.60. The van der Waals surface area contributed by atoms with Crippen molar-refractivity contribution in [2.45, 2.75) is 44.8 Å². The number of aromatic nitrogens is 2. The number of alkyl halides is 3. The van der Waals surface area contributed by atoms with E-state index >= 15 is 0 Å². The first-order valence-electron chi connectivity index (χ1n) is 11.6. The Morgan fingerprint density at radius 1 is 1.23 bits per heavy atom. The third-order valence-electron chi connectivity index (χ3n) is 6.60. The first-order chi connectivity index (χ1) is 16.7. The highest BCUT2D eigenvalue weighted by Gasteiger charge is 2.44. The molecule has 2 aromatic rings. The highest BCUT2D eigenvalue weighted by atomic mass is 19.4. The number of amides is 1. The highest BCUT2D eigenvalue weighted by Crippen LogP contribution is 2.33. The summed E-state index contributed by atoms with van der Waals surface area (Å²) in [5.74, 6) is -0.852. The number of aryl methyl sites for hydroxylation is 1. The molecule has 5 heterocycles. The molecule has 1 fully saturated rings. The summed E-state index contributed by atoms with van der Waals surface area (Å²) in [6.07, 6.45) is 5.61. The van der Waals surface area contributed by atoms with Crippen molar-refractivity contribution in [1.29, 1.82) is 5.26 Å². The number of imidazole rings is 1. The zero-order valence-corrected chi connectivity index (χ0v) is 19.2. The van der Waals surface area contributed by atoms with Crippen LogP contribution >= 0.6 is 0 Å². The van der Waals surface area contributed by atoms with Crippen LogP contribution in [0.25, 0.3) is 5.65 Å². The SMILES string of the molecule is Cc1cc(C#N)cn2c(C3=NN(CC(F)(F)F)C4C=C(C(=O)N5CCCCCC5)N=CC34)cnc12. The second kappa shape index (κ2) is 8.83. The summed E-state index contributed by atoms with van der Waals surface area (Å²) in [4.78, 5) is 23.6. The van der Waals surface area contributed by atoms with Crippen LogP contribution in [0.4, 0.5) is 13.2 Å². The molecule has 1 amide bonds. The van der Waals surface area contributed by atoms with Crippen LogP contribution in [0.5, 0.6) is 0 Å². The Labute approximate surface area is 200 Å². The second-order valence-corrected chi connectivity index (χ2v) is 9.11. The van der Waals surface area contributed by atoms with Gasteiger partial charge in [-0.1, -0.05) is 12.8 Å².